The predicted octanol–water partition coefficient (Wildman–Crippen LogP) is 0.615. The lowest BCUT2D eigenvalue weighted by atomic mass is 9.80. The Morgan fingerprint density at radius 1 is 1.65 bits per heavy atom. The fourth-order valence-corrected chi connectivity index (χ4v) is 2.07. The number of ether oxygens (including phenoxy) is 2. The highest BCUT2D eigenvalue weighted by Crippen LogP contribution is 2.28. The van der Waals surface area contributed by atoms with E-state index in [-0.39, 0.29) is 17.4 Å². The maximum Gasteiger partial charge on any atom is 0.360 e. The fourth-order valence-electron chi connectivity index (χ4n) is 2.07. The van der Waals surface area contributed by atoms with E-state index in [4.69, 9.17) is 9.47 Å². The minimum atomic E-state index is -0.497. The maximum absolute atomic E-state index is 11.5. The van der Waals surface area contributed by atoms with Gasteiger partial charge < -0.3 is 9.47 Å². The Morgan fingerprint density at radius 2 is 2.45 bits per heavy atom. The van der Waals surface area contributed by atoms with E-state index < -0.39 is 12.1 Å². The summed E-state index contributed by atoms with van der Waals surface area (Å²) in [5.74, 6) is -0.357. The van der Waals surface area contributed by atoms with E-state index >= 15 is 0 Å². The van der Waals surface area contributed by atoms with Gasteiger partial charge in [0.25, 0.3) is 0 Å². The van der Waals surface area contributed by atoms with Crippen LogP contribution in [0.4, 0.5) is 0 Å². The van der Waals surface area contributed by atoms with Crippen LogP contribution in [0.15, 0.2) is 18.9 Å². The van der Waals surface area contributed by atoms with Gasteiger partial charge in [-0.25, -0.2) is 4.79 Å². The molecule has 7 heteroatoms. The van der Waals surface area contributed by atoms with Gasteiger partial charge in [-0.1, -0.05) is 11.3 Å². The Hall–Kier alpha value is -2.02. The monoisotopic (exact) mass is 279 g/mol. The van der Waals surface area contributed by atoms with Gasteiger partial charge in [-0.05, 0) is 6.92 Å². The summed E-state index contributed by atoms with van der Waals surface area (Å²) in [5.41, 5.74) is 0.168. The van der Waals surface area contributed by atoms with Crippen molar-refractivity contribution in [1.29, 1.82) is 0 Å². The van der Waals surface area contributed by atoms with Crippen LogP contribution in [-0.2, 0) is 20.8 Å². The van der Waals surface area contributed by atoms with Gasteiger partial charge in [-0.2, -0.15) is 0 Å². The number of hydrogen-bond acceptors (Lipinski definition) is 6. The van der Waals surface area contributed by atoms with E-state index in [0.717, 1.165) is 0 Å². The molecule has 1 fully saturated rings. The summed E-state index contributed by atoms with van der Waals surface area (Å²) in [4.78, 5) is 22.9. The summed E-state index contributed by atoms with van der Waals surface area (Å²) in [5, 5.41) is 7.61. The number of ketones is 1. The van der Waals surface area contributed by atoms with Gasteiger partial charge in [0.2, 0.25) is 0 Å². The van der Waals surface area contributed by atoms with Crippen molar-refractivity contribution in [3.63, 3.8) is 0 Å². The SMILES string of the molecule is C=CCOC1C(=O)CC1Cn1cc(C(=O)OCC)nn1. The van der Waals surface area contributed by atoms with Crippen LogP contribution in [0.5, 0.6) is 0 Å². The minimum Gasteiger partial charge on any atom is -0.461 e. The highest BCUT2D eigenvalue weighted by molar-refractivity contribution is 5.89. The Labute approximate surface area is 116 Å². The second-order valence-corrected chi connectivity index (χ2v) is 4.52. The van der Waals surface area contributed by atoms with E-state index in [1.54, 1.807) is 13.0 Å². The molecule has 1 heterocycles. The molecule has 20 heavy (non-hydrogen) atoms. The fraction of sp³-hybridized carbons (Fsp3) is 0.538. The molecule has 0 aromatic carbocycles. The molecule has 2 unspecified atom stereocenters. The zero-order valence-corrected chi connectivity index (χ0v) is 11.3. The van der Waals surface area contributed by atoms with Gasteiger partial charge in [-0.15, -0.1) is 11.7 Å². The summed E-state index contributed by atoms with van der Waals surface area (Å²) in [6.45, 7) is 6.40. The molecule has 7 nitrogen and oxygen atoms in total. The van der Waals surface area contributed by atoms with Crippen LogP contribution in [0.3, 0.4) is 0 Å². The van der Waals surface area contributed by atoms with Crippen molar-refractivity contribution >= 4 is 11.8 Å². The van der Waals surface area contributed by atoms with Gasteiger partial charge in [0.15, 0.2) is 11.5 Å². The number of esters is 1. The number of hydrogen-bond donors (Lipinski definition) is 0. The zero-order valence-electron chi connectivity index (χ0n) is 11.3. The third kappa shape index (κ3) is 3.11. The zero-order chi connectivity index (χ0) is 14.5. The highest BCUT2D eigenvalue weighted by atomic mass is 16.5. The lowest BCUT2D eigenvalue weighted by molar-refractivity contribution is -0.148. The number of carbonyl (C=O) groups excluding carboxylic acids is 2. The molecule has 1 aliphatic carbocycles. The molecule has 0 saturated heterocycles. The largest absolute Gasteiger partial charge is 0.461 e. The van der Waals surface area contributed by atoms with E-state index in [1.807, 2.05) is 0 Å². The van der Waals surface area contributed by atoms with Crippen molar-refractivity contribution in [1.82, 2.24) is 15.0 Å². The highest BCUT2D eigenvalue weighted by Gasteiger charge is 2.40. The summed E-state index contributed by atoms with van der Waals surface area (Å²) >= 11 is 0. The van der Waals surface area contributed by atoms with E-state index in [9.17, 15) is 9.59 Å². The standard InChI is InChI=1S/C13H17N3O4/c1-3-5-20-12-9(6-11(12)17)7-16-8-10(14-15-16)13(18)19-4-2/h3,8-9,12H,1,4-7H2,2H3. The van der Waals surface area contributed by atoms with Gasteiger partial charge in [0.1, 0.15) is 6.10 Å². The van der Waals surface area contributed by atoms with Crippen LogP contribution >= 0.6 is 0 Å². The molecule has 2 rings (SSSR count). The van der Waals surface area contributed by atoms with Crippen molar-refractivity contribution in [3.05, 3.63) is 24.5 Å². The van der Waals surface area contributed by atoms with Crippen molar-refractivity contribution in [2.45, 2.75) is 26.0 Å². The van der Waals surface area contributed by atoms with Crippen LogP contribution in [0, 0.1) is 5.92 Å². The Bertz CT molecular complexity index is 511. The lowest BCUT2D eigenvalue weighted by Gasteiger charge is -2.34. The van der Waals surface area contributed by atoms with Crippen molar-refractivity contribution in [2.24, 2.45) is 5.92 Å². The topological polar surface area (TPSA) is 83.3 Å². The minimum absolute atomic E-state index is 0.0548. The molecule has 0 radical (unpaired) electrons. The van der Waals surface area contributed by atoms with Gasteiger partial charge >= 0.3 is 5.97 Å². The average Bonchev–Trinajstić information content (AvgIpc) is 2.87. The van der Waals surface area contributed by atoms with Crippen LogP contribution in [-0.4, -0.2) is 46.1 Å². The molecule has 108 valence electrons. The van der Waals surface area contributed by atoms with Crippen molar-refractivity contribution < 1.29 is 19.1 Å². The number of rotatable bonds is 7. The van der Waals surface area contributed by atoms with E-state index in [2.05, 4.69) is 16.9 Å². The molecule has 1 aliphatic rings. The van der Waals surface area contributed by atoms with Crippen LogP contribution in [0.25, 0.3) is 0 Å². The molecular formula is C13H17N3O4. The van der Waals surface area contributed by atoms with E-state index in [1.165, 1.54) is 10.9 Å². The summed E-state index contributed by atoms with van der Waals surface area (Å²) in [6, 6.07) is 0. The summed E-state index contributed by atoms with van der Waals surface area (Å²) in [7, 11) is 0. The first-order chi connectivity index (χ1) is 9.65. The Kier molecular flexibility index (Phi) is 4.62. The molecule has 1 aromatic rings. The molecule has 0 amide bonds. The second-order valence-electron chi connectivity index (χ2n) is 4.52. The Balaban J connectivity index is 1.92. The first-order valence-corrected chi connectivity index (χ1v) is 6.48. The van der Waals surface area contributed by atoms with Crippen LogP contribution in [0.1, 0.15) is 23.8 Å². The predicted molar refractivity (Wildman–Crippen MR) is 69.0 cm³/mol. The normalized spacial score (nSPS) is 21.4. The third-order valence-electron chi connectivity index (χ3n) is 3.05. The maximum atomic E-state index is 11.5. The first-order valence-electron chi connectivity index (χ1n) is 6.48. The molecule has 1 aromatic heterocycles. The van der Waals surface area contributed by atoms with Crippen LogP contribution < -0.4 is 0 Å². The van der Waals surface area contributed by atoms with E-state index in [0.29, 0.717) is 26.2 Å². The molecule has 2 atom stereocenters. The first kappa shape index (κ1) is 14.4. The van der Waals surface area contributed by atoms with Crippen molar-refractivity contribution in [2.75, 3.05) is 13.2 Å². The molecule has 0 N–H and O–H groups in total. The number of aromatic nitrogens is 3. The molecule has 1 saturated carbocycles. The quantitative estimate of drug-likeness (QED) is 0.537. The number of Topliss-reactive ketones (excluding diaryl/α,β-unsaturated/α-hetero) is 1. The molecular weight excluding hydrogens is 262 g/mol. The van der Waals surface area contributed by atoms with Crippen molar-refractivity contribution in [3.8, 4) is 0 Å². The third-order valence-corrected chi connectivity index (χ3v) is 3.05. The van der Waals surface area contributed by atoms with Gasteiger partial charge in [-0.3, -0.25) is 9.48 Å². The number of carbonyl (C=O) groups is 2. The van der Waals surface area contributed by atoms with Gasteiger partial charge in [0.05, 0.1) is 19.4 Å². The molecule has 0 bridgehead atoms. The Morgan fingerprint density at radius 3 is 3.10 bits per heavy atom. The van der Waals surface area contributed by atoms with Gasteiger partial charge in [0, 0.05) is 18.9 Å². The smallest absolute Gasteiger partial charge is 0.360 e. The summed E-state index contributed by atoms with van der Waals surface area (Å²) in [6.07, 6.45) is 3.17. The van der Waals surface area contributed by atoms with Crippen LogP contribution in [0.2, 0.25) is 0 Å². The molecule has 0 spiro atoms. The number of nitrogens with zero attached hydrogens (tertiary/aromatic N) is 3. The second kappa shape index (κ2) is 6.42. The lowest BCUT2D eigenvalue weighted by Crippen LogP contribution is -2.46. The summed E-state index contributed by atoms with van der Waals surface area (Å²) < 4.78 is 11.8. The average molecular weight is 279 g/mol. The molecule has 0 aliphatic heterocycles.